The van der Waals surface area contributed by atoms with Gasteiger partial charge in [-0.1, -0.05) is 59.8 Å². The van der Waals surface area contributed by atoms with E-state index in [1.165, 1.54) is 38.5 Å². The molecule has 0 heterocycles. The first kappa shape index (κ1) is 16.1. The van der Waals surface area contributed by atoms with E-state index >= 15 is 0 Å². The molecule has 1 nitrogen and oxygen atoms in total. The van der Waals surface area contributed by atoms with E-state index in [4.69, 9.17) is 0 Å². The molecular formula is C14H29OP. The number of hydrogen-bond donors (Lipinski definition) is 0. The monoisotopic (exact) mass is 244 g/mol. The molecule has 0 radical (unpaired) electrons. The standard InChI is InChI=1S/C14H29OP/c1-5-14(4,13(2)3)11-9-7-6-8-10-12-16-15/h13H,5-12H2,1-4H3. The maximum Gasteiger partial charge on any atom is 0.155 e. The zero-order valence-electron chi connectivity index (χ0n) is 11.6. The molecule has 0 saturated heterocycles. The molecule has 1 atom stereocenters. The highest BCUT2D eigenvalue weighted by Gasteiger charge is 2.25. The Balaban J connectivity index is 3.52. The van der Waals surface area contributed by atoms with E-state index in [1.54, 1.807) is 0 Å². The molecule has 0 amide bonds. The van der Waals surface area contributed by atoms with Crippen molar-refractivity contribution in [1.82, 2.24) is 0 Å². The molecular weight excluding hydrogens is 215 g/mol. The summed E-state index contributed by atoms with van der Waals surface area (Å²) < 4.78 is 10.2. The Hall–Kier alpha value is 0.100. The molecule has 2 heteroatoms. The number of rotatable bonds is 10. The lowest BCUT2D eigenvalue weighted by Crippen LogP contribution is -2.22. The van der Waals surface area contributed by atoms with Gasteiger partial charge in [0.1, 0.15) is 0 Å². The minimum absolute atomic E-state index is 0.317. The van der Waals surface area contributed by atoms with Crippen LogP contribution >= 0.6 is 8.46 Å². The zero-order valence-corrected chi connectivity index (χ0v) is 12.5. The topological polar surface area (TPSA) is 17.1 Å². The Morgan fingerprint density at radius 2 is 1.62 bits per heavy atom. The fourth-order valence-corrected chi connectivity index (χ4v) is 2.46. The van der Waals surface area contributed by atoms with Crippen molar-refractivity contribution in [2.75, 3.05) is 6.16 Å². The van der Waals surface area contributed by atoms with Gasteiger partial charge in [-0.3, -0.25) is 4.57 Å². The van der Waals surface area contributed by atoms with Crippen LogP contribution in [0.2, 0.25) is 0 Å². The van der Waals surface area contributed by atoms with Crippen molar-refractivity contribution in [2.45, 2.75) is 72.6 Å². The van der Waals surface area contributed by atoms with Gasteiger partial charge in [0.15, 0.2) is 8.46 Å². The molecule has 0 saturated carbocycles. The summed E-state index contributed by atoms with van der Waals surface area (Å²) in [7, 11) is 0.317. The van der Waals surface area contributed by atoms with Gasteiger partial charge in [-0.25, -0.2) is 0 Å². The second-order valence-electron chi connectivity index (χ2n) is 5.53. The summed E-state index contributed by atoms with van der Waals surface area (Å²) in [5.41, 5.74) is 0.535. The second-order valence-corrected chi connectivity index (χ2v) is 6.24. The van der Waals surface area contributed by atoms with Gasteiger partial charge in [0.25, 0.3) is 0 Å². The maximum absolute atomic E-state index is 10.2. The van der Waals surface area contributed by atoms with E-state index in [1.807, 2.05) is 0 Å². The first-order valence-corrected chi connectivity index (χ1v) is 7.85. The third kappa shape index (κ3) is 6.63. The zero-order chi connectivity index (χ0) is 12.4. The third-order valence-corrected chi connectivity index (χ3v) is 4.70. The van der Waals surface area contributed by atoms with Crippen LogP contribution in [0, 0.1) is 11.3 Å². The van der Waals surface area contributed by atoms with E-state index < -0.39 is 0 Å². The summed E-state index contributed by atoms with van der Waals surface area (Å²) in [5, 5.41) is 0. The lowest BCUT2D eigenvalue weighted by atomic mass is 9.73. The van der Waals surface area contributed by atoms with E-state index in [0.717, 1.165) is 18.5 Å². The molecule has 0 aromatic heterocycles. The fraction of sp³-hybridized carbons (Fsp3) is 1.00. The first-order chi connectivity index (χ1) is 7.56. The molecule has 0 N–H and O–H groups in total. The fourth-order valence-electron chi connectivity index (χ4n) is 2.11. The van der Waals surface area contributed by atoms with Gasteiger partial charge in [0.2, 0.25) is 0 Å². The van der Waals surface area contributed by atoms with Crippen molar-refractivity contribution < 1.29 is 4.57 Å². The summed E-state index contributed by atoms with van der Waals surface area (Å²) in [5.74, 6) is 0.789. The van der Waals surface area contributed by atoms with Crippen LogP contribution in [-0.2, 0) is 4.57 Å². The smallest absolute Gasteiger partial charge is 0.155 e. The van der Waals surface area contributed by atoms with Crippen LogP contribution in [0.15, 0.2) is 0 Å². The SMILES string of the molecule is CCC(C)(CCCCCCCP=O)C(C)C. The molecule has 0 bridgehead atoms. The predicted molar refractivity (Wildman–Crippen MR) is 73.4 cm³/mol. The van der Waals surface area contributed by atoms with Crippen molar-refractivity contribution in [3.63, 3.8) is 0 Å². The molecule has 96 valence electrons. The molecule has 0 spiro atoms. The van der Waals surface area contributed by atoms with Gasteiger partial charge in [0, 0.05) is 6.16 Å². The van der Waals surface area contributed by atoms with Crippen LogP contribution in [0.3, 0.4) is 0 Å². The van der Waals surface area contributed by atoms with Gasteiger partial charge in [-0.15, -0.1) is 0 Å². The van der Waals surface area contributed by atoms with E-state index in [-0.39, 0.29) is 0 Å². The molecule has 0 fully saturated rings. The minimum atomic E-state index is 0.317. The Kier molecular flexibility index (Phi) is 9.22. The molecule has 0 rings (SSSR count). The van der Waals surface area contributed by atoms with E-state index in [9.17, 15) is 4.57 Å². The quantitative estimate of drug-likeness (QED) is 0.356. The van der Waals surface area contributed by atoms with Crippen molar-refractivity contribution >= 4 is 8.46 Å². The van der Waals surface area contributed by atoms with Crippen molar-refractivity contribution in [3.8, 4) is 0 Å². The molecule has 0 aromatic carbocycles. The molecule has 0 aliphatic rings. The van der Waals surface area contributed by atoms with Gasteiger partial charge in [-0.2, -0.15) is 0 Å². The lowest BCUT2D eigenvalue weighted by molar-refractivity contribution is 0.183. The normalized spacial score (nSPS) is 15.6. The second kappa shape index (κ2) is 9.16. The molecule has 0 aromatic rings. The largest absolute Gasteiger partial charge is 0.275 e. The average molecular weight is 244 g/mol. The predicted octanol–water partition coefficient (Wildman–Crippen LogP) is 5.69. The van der Waals surface area contributed by atoms with Crippen LogP contribution in [0.1, 0.15) is 72.6 Å². The van der Waals surface area contributed by atoms with E-state index in [0.29, 0.717) is 13.9 Å². The summed E-state index contributed by atoms with van der Waals surface area (Å²) in [6.45, 7) is 9.43. The molecule has 1 unspecified atom stereocenters. The highest BCUT2D eigenvalue weighted by molar-refractivity contribution is 7.23. The van der Waals surface area contributed by atoms with Crippen LogP contribution in [0.5, 0.6) is 0 Å². The summed E-state index contributed by atoms with van der Waals surface area (Å²) in [6, 6.07) is 0. The molecule has 0 aliphatic heterocycles. The lowest BCUT2D eigenvalue weighted by Gasteiger charge is -2.32. The van der Waals surface area contributed by atoms with Crippen LogP contribution in [-0.4, -0.2) is 6.16 Å². The Morgan fingerprint density at radius 1 is 1.06 bits per heavy atom. The highest BCUT2D eigenvalue weighted by atomic mass is 31.1. The number of unbranched alkanes of at least 4 members (excludes halogenated alkanes) is 4. The Morgan fingerprint density at radius 3 is 2.12 bits per heavy atom. The summed E-state index contributed by atoms with van der Waals surface area (Å²) >= 11 is 0. The third-order valence-electron chi connectivity index (χ3n) is 4.20. The van der Waals surface area contributed by atoms with Crippen LogP contribution < -0.4 is 0 Å². The maximum atomic E-state index is 10.2. The van der Waals surface area contributed by atoms with Crippen LogP contribution in [0.25, 0.3) is 0 Å². The average Bonchev–Trinajstić information content (AvgIpc) is 2.27. The summed E-state index contributed by atoms with van der Waals surface area (Å²) in [4.78, 5) is 0. The van der Waals surface area contributed by atoms with Gasteiger partial charge >= 0.3 is 0 Å². The van der Waals surface area contributed by atoms with Crippen LogP contribution in [0.4, 0.5) is 0 Å². The van der Waals surface area contributed by atoms with Crippen molar-refractivity contribution in [3.05, 3.63) is 0 Å². The summed E-state index contributed by atoms with van der Waals surface area (Å²) in [6.07, 6.45) is 9.89. The van der Waals surface area contributed by atoms with E-state index in [2.05, 4.69) is 27.7 Å². The highest BCUT2D eigenvalue weighted by Crippen LogP contribution is 2.36. The van der Waals surface area contributed by atoms with Crippen molar-refractivity contribution in [2.24, 2.45) is 11.3 Å². The molecule has 16 heavy (non-hydrogen) atoms. The minimum Gasteiger partial charge on any atom is -0.275 e. The van der Waals surface area contributed by atoms with Crippen molar-refractivity contribution in [1.29, 1.82) is 0 Å². The Labute approximate surface area is 104 Å². The van der Waals surface area contributed by atoms with Gasteiger partial charge in [0.05, 0.1) is 0 Å². The van der Waals surface area contributed by atoms with Gasteiger partial charge in [-0.05, 0) is 24.2 Å². The molecule has 0 aliphatic carbocycles. The van der Waals surface area contributed by atoms with Gasteiger partial charge < -0.3 is 0 Å². The first-order valence-electron chi connectivity index (χ1n) is 6.86. The number of hydrogen-bond acceptors (Lipinski definition) is 1. The Bertz CT molecular complexity index is 180.